The molecule has 0 amide bonds. The van der Waals surface area contributed by atoms with Gasteiger partial charge in [0.05, 0.1) is 26.9 Å². The molecular formula is C20H18O5. The number of carboxylic acid groups (broad SMARTS) is 1. The third-order valence-electron chi connectivity index (χ3n) is 4.10. The standard InChI is InChI=1S/C20H18O5/c1-23-15-5-6-16-13(9-15)8-14(20(21)22)10-17(16)12-4-7-18(24-2)19(11-12)25-3/h4-11H,1-3H3,(H,21,22). The average molecular weight is 338 g/mol. The van der Waals surface area contributed by atoms with Gasteiger partial charge in [-0.25, -0.2) is 4.79 Å². The molecule has 5 nitrogen and oxygen atoms in total. The topological polar surface area (TPSA) is 65.0 Å². The minimum atomic E-state index is -0.980. The summed E-state index contributed by atoms with van der Waals surface area (Å²) in [4.78, 5) is 11.5. The van der Waals surface area contributed by atoms with Gasteiger partial charge in [0, 0.05) is 0 Å². The van der Waals surface area contributed by atoms with Crippen molar-refractivity contribution in [3.05, 3.63) is 54.1 Å². The van der Waals surface area contributed by atoms with Crippen molar-refractivity contribution in [3.63, 3.8) is 0 Å². The Morgan fingerprint density at radius 2 is 1.60 bits per heavy atom. The van der Waals surface area contributed by atoms with E-state index in [-0.39, 0.29) is 5.56 Å². The molecule has 0 aromatic heterocycles. The summed E-state index contributed by atoms with van der Waals surface area (Å²) < 4.78 is 15.9. The highest BCUT2D eigenvalue weighted by Crippen LogP contribution is 2.37. The smallest absolute Gasteiger partial charge is 0.335 e. The van der Waals surface area contributed by atoms with Gasteiger partial charge < -0.3 is 19.3 Å². The number of rotatable bonds is 5. The normalized spacial score (nSPS) is 10.5. The van der Waals surface area contributed by atoms with Crippen LogP contribution in [0.15, 0.2) is 48.5 Å². The van der Waals surface area contributed by atoms with Gasteiger partial charge in [-0.2, -0.15) is 0 Å². The molecule has 25 heavy (non-hydrogen) atoms. The first-order chi connectivity index (χ1) is 12.1. The van der Waals surface area contributed by atoms with E-state index in [4.69, 9.17) is 14.2 Å². The summed E-state index contributed by atoms with van der Waals surface area (Å²) in [6, 6.07) is 14.4. The highest BCUT2D eigenvalue weighted by atomic mass is 16.5. The maximum atomic E-state index is 11.5. The van der Waals surface area contributed by atoms with E-state index >= 15 is 0 Å². The summed E-state index contributed by atoms with van der Waals surface area (Å²) in [6.45, 7) is 0. The molecule has 0 aliphatic carbocycles. The Kier molecular flexibility index (Phi) is 4.48. The van der Waals surface area contributed by atoms with Crippen LogP contribution in [0.5, 0.6) is 17.2 Å². The Morgan fingerprint density at radius 3 is 2.24 bits per heavy atom. The molecule has 0 bridgehead atoms. The van der Waals surface area contributed by atoms with E-state index < -0.39 is 5.97 Å². The highest BCUT2D eigenvalue weighted by molar-refractivity contribution is 6.03. The molecule has 3 aromatic rings. The van der Waals surface area contributed by atoms with Crippen LogP contribution in [0.4, 0.5) is 0 Å². The second kappa shape index (κ2) is 6.73. The maximum Gasteiger partial charge on any atom is 0.335 e. The lowest BCUT2D eigenvalue weighted by atomic mass is 9.95. The zero-order valence-electron chi connectivity index (χ0n) is 14.2. The molecule has 0 unspecified atom stereocenters. The van der Waals surface area contributed by atoms with E-state index in [1.54, 1.807) is 39.5 Å². The van der Waals surface area contributed by atoms with Gasteiger partial charge in [-0.3, -0.25) is 0 Å². The van der Waals surface area contributed by atoms with Gasteiger partial charge in [-0.05, 0) is 58.3 Å². The van der Waals surface area contributed by atoms with Gasteiger partial charge in [0.25, 0.3) is 0 Å². The number of ether oxygens (including phenoxy) is 3. The van der Waals surface area contributed by atoms with Gasteiger partial charge in [0.1, 0.15) is 5.75 Å². The van der Waals surface area contributed by atoms with Crippen molar-refractivity contribution in [2.75, 3.05) is 21.3 Å². The molecule has 5 heteroatoms. The molecule has 128 valence electrons. The van der Waals surface area contributed by atoms with Crippen molar-refractivity contribution in [1.82, 2.24) is 0 Å². The van der Waals surface area contributed by atoms with Crippen molar-refractivity contribution < 1.29 is 24.1 Å². The molecule has 3 rings (SSSR count). The molecule has 0 fully saturated rings. The second-order valence-corrected chi connectivity index (χ2v) is 5.49. The van der Waals surface area contributed by atoms with Crippen LogP contribution in [0.3, 0.4) is 0 Å². The van der Waals surface area contributed by atoms with Gasteiger partial charge >= 0.3 is 5.97 Å². The molecule has 0 atom stereocenters. The fourth-order valence-corrected chi connectivity index (χ4v) is 2.84. The number of hydrogen-bond acceptors (Lipinski definition) is 4. The van der Waals surface area contributed by atoms with Gasteiger partial charge in [0.2, 0.25) is 0 Å². The van der Waals surface area contributed by atoms with Crippen molar-refractivity contribution in [3.8, 4) is 28.4 Å². The Hall–Kier alpha value is -3.21. The lowest BCUT2D eigenvalue weighted by molar-refractivity contribution is 0.0697. The Morgan fingerprint density at radius 1 is 0.840 bits per heavy atom. The van der Waals surface area contributed by atoms with Crippen LogP contribution in [0.2, 0.25) is 0 Å². The summed E-state index contributed by atoms with van der Waals surface area (Å²) in [5, 5.41) is 11.2. The predicted molar refractivity (Wildman–Crippen MR) is 96.0 cm³/mol. The van der Waals surface area contributed by atoms with E-state index in [0.717, 1.165) is 21.9 Å². The van der Waals surface area contributed by atoms with Crippen LogP contribution in [-0.2, 0) is 0 Å². The summed E-state index contributed by atoms with van der Waals surface area (Å²) in [5.41, 5.74) is 1.86. The monoisotopic (exact) mass is 338 g/mol. The Labute approximate surface area is 145 Å². The largest absolute Gasteiger partial charge is 0.497 e. The SMILES string of the molecule is COc1ccc2c(-c3ccc(OC)c(OC)c3)cc(C(=O)O)cc2c1. The molecule has 0 aliphatic heterocycles. The molecule has 0 saturated carbocycles. The van der Waals surface area contributed by atoms with Crippen LogP contribution >= 0.6 is 0 Å². The summed E-state index contributed by atoms with van der Waals surface area (Å²) in [7, 11) is 4.72. The van der Waals surface area contributed by atoms with Crippen LogP contribution in [0.1, 0.15) is 10.4 Å². The van der Waals surface area contributed by atoms with Crippen molar-refractivity contribution >= 4 is 16.7 Å². The minimum absolute atomic E-state index is 0.213. The van der Waals surface area contributed by atoms with Crippen LogP contribution < -0.4 is 14.2 Å². The Balaban J connectivity index is 2.29. The molecule has 0 radical (unpaired) electrons. The first-order valence-electron chi connectivity index (χ1n) is 7.65. The number of benzene rings is 3. The zero-order valence-corrected chi connectivity index (χ0v) is 14.2. The number of fused-ring (bicyclic) bond motifs is 1. The number of carbonyl (C=O) groups is 1. The first kappa shape index (κ1) is 16.6. The summed E-state index contributed by atoms with van der Waals surface area (Å²) in [6.07, 6.45) is 0. The minimum Gasteiger partial charge on any atom is -0.497 e. The van der Waals surface area contributed by atoms with Crippen LogP contribution in [0.25, 0.3) is 21.9 Å². The molecule has 1 N–H and O–H groups in total. The highest BCUT2D eigenvalue weighted by Gasteiger charge is 2.13. The number of methoxy groups -OCH3 is 3. The molecule has 0 saturated heterocycles. The number of carboxylic acids is 1. The van der Waals surface area contributed by atoms with Crippen molar-refractivity contribution in [2.24, 2.45) is 0 Å². The average Bonchev–Trinajstić information content (AvgIpc) is 2.65. The van der Waals surface area contributed by atoms with E-state index in [1.165, 1.54) is 0 Å². The van der Waals surface area contributed by atoms with Gasteiger partial charge in [0.15, 0.2) is 11.5 Å². The quantitative estimate of drug-likeness (QED) is 0.754. The first-order valence-corrected chi connectivity index (χ1v) is 7.65. The third kappa shape index (κ3) is 3.08. The molecule has 0 spiro atoms. The van der Waals surface area contributed by atoms with Crippen LogP contribution in [-0.4, -0.2) is 32.4 Å². The van der Waals surface area contributed by atoms with Gasteiger partial charge in [-0.15, -0.1) is 0 Å². The van der Waals surface area contributed by atoms with E-state index in [1.807, 2.05) is 30.3 Å². The second-order valence-electron chi connectivity index (χ2n) is 5.49. The Bertz CT molecular complexity index is 946. The van der Waals surface area contributed by atoms with Gasteiger partial charge in [-0.1, -0.05) is 12.1 Å². The molecule has 3 aromatic carbocycles. The fourth-order valence-electron chi connectivity index (χ4n) is 2.84. The van der Waals surface area contributed by atoms with E-state index in [9.17, 15) is 9.90 Å². The molecule has 0 aliphatic rings. The van der Waals surface area contributed by atoms with E-state index in [0.29, 0.717) is 17.2 Å². The third-order valence-corrected chi connectivity index (χ3v) is 4.10. The van der Waals surface area contributed by atoms with Crippen LogP contribution in [0, 0.1) is 0 Å². The summed E-state index contributed by atoms with van der Waals surface area (Å²) >= 11 is 0. The maximum absolute atomic E-state index is 11.5. The number of hydrogen-bond donors (Lipinski definition) is 1. The van der Waals surface area contributed by atoms with Crippen molar-refractivity contribution in [1.29, 1.82) is 0 Å². The van der Waals surface area contributed by atoms with E-state index in [2.05, 4.69) is 0 Å². The summed E-state index contributed by atoms with van der Waals surface area (Å²) in [5.74, 6) is 0.897. The fraction of sp³-hybridized carbons (Fsp3) is 0.150. The molecule has 0 heterocycles. The molecular weight excluding hydrogens is 320 g/mol. The number of aromatic carboxylic acids is 1. The lowest BCUT2D eigenvalue weighted by Gasteiger charge is -2.13. The lowest BCUT2D eigenvalue weighted by Crippen LogP contribution is -1.98. The van der Waals surface area contributed by atoms with Crippen molar-refractivity contribution in [2.45, 2.75) is 0 Å². The predicted octanol–water partition coefficient (Wildman–Crippen LogP) is 4.23. The zero-order chi connectivity index (χ0) is 18.0.